The van der Waals surface area contributed by atoms with Crippen LogP contribution in [0.5, 0.6) is 5.75 Å². The van der Waals surface area contributed by atoms with Gasteiger partial charge in [-0.05, 0) is 29.5 Å². The van der Waals surface area contributed by atoms with E-state index < -0.39 is 51.5 Å². The first-order valence-electron chi connectivity index (χ1n) is 9.94. The van der Waals surface area contributed by atoms with Crippen molar-refractivity contribution in [3.05, 3.63) is 30.1 Å². The molecular weight excluding hydrogens is 485 g/mol. The van der Waals surface area contributed by atoms with E-state index >= 15 is 0 Å². The molecule has 16 heteroatoms. The molecule has 1 fully saturated rings. The van der Waals surface area contributed by atoms with E-state index in [-0.39, 0.29) is 25.6 Å². The number of carboxylic acid groups (broad SMARTS) is 1. The molecule has 0 radical (unpaired) electrons. The van der Waals surface area contributed by atoms with Crippen molar-refractivity contribution in [1.29, 1.82) is 0 Å². The molecule has 1 saturated heterocycles. The third kappa shape index (κ3) is 5.80. The first-order chi connectivity index (χ1) is 15.8. The Kier molecular flexibility index (Phi) is 7.11. The topological polar surface area (TPSA) is 148 Å². The summed E-state index contributed by atoms with van der Waals surface area (Å²) in [4.78, 5) is 26.3. The van der Waals surface area contributed by atoms with Crippen molar-refractivity contribution in [2.45, 2.75) is 43.6 Å². The highest BCUT2D eigenvalue weighted by Crippen LogP contribution is 2.27. The normalized spacial score (nSPS) is 17.7. The van der Waals surface area contributed by atoms with Gasteiger partial charge in [-0.1, -0.05) is 13.8 Å². The molecule has 0 bridgehead atoms. The zero-order chi connectivity index (χ0) is 25.3. The minimum absolute atomic E-state index is 0.0110. The van der Waals surface area contributed by atoms with Crippen LogP contribution in [0.25, 0.3) is 0 Å². The van der Waals surface area contributed by atoms with Crippen molar-refractivity contribution in [3.8, 4) is 5.75 Å². The summed E-state index contributed by atoms with van der Waals surface area (Å²) in [6.07, 6.45) is -4.95. The van der Waals surface area contributed by atoms with Crippen LogP contribution in [0.15, 0.2) is 29.2 Å². The maximum Gasteiger partial charge on any atom is 0.573 e. The number of benzene rings is 1. The van der Waals surface area contributed by atoms with Crippen LogP contribution in [0, 0.1) is 0 Å². The summed E-state index contributed by atoms with van der Waals surface area (Å²) in [5.74, 6) is -2.22. The number of carbonyl (C=O) groups is 2. The number of hydrogen-bond acceptors (Lipinski definition) is 8. The Labute approximate surface area is 191 Å². The smallest absolute Gasteiger partial charge is 0.480 e. The summed E-state index contributed by atoms with van der Waals surface area (Å²) in [6, 6.07) is 1.79. The highest BCUT2D eigenvalue weighted by molar-refractivity contribution is 7.89. The minimum Gasteiger partial charge on any atom is -0.480 e. The molecule has 12 nitrogen and oxygen atoms in total. The van der Waals surface area contributed by atoms with Gasteiger partial charge in [-0.25, -0.2) is 8.42 Å². The van der Waals surface area contributed by atoms with Gasteiger partial charge in [-0.2, -0.15) is 9.10 Å². The number of halogens is 3. The molecule has 0 spiro atoms. The van der Waals surface area contributed by atoms with E-state index in [1.165, 1.54) is 4.90 Å². The van der Waals surface area contributed by atoms with Crippen molar-refractivity contribution in [1.82, 2.24) is 29.4 Å². The number of carboxylic acids is 1. The summed E-state index contributed by atoms with van der Waals surface area (Å²) in [5.41, 5.74) is 0. The van der Waals surface area contributed by atoms with Crippen LogP contribution < -0.4 is 4.74 Å². The zero-order valence-electron chi connectivity index (χ0n) is 18.0. The second kappa shape index (κ2) is 9.54. The average molecular weight is 506 g/mol. The molecule has 0 unspecified atom stereocenters. The number of amides is 1. The van der Waals surface area contributed by atoms with Crippen molar-refractivity contribution < 1.29 is 41.0 Å². The van der Waals surface area contributed by atoms with Crippen LogP contribution >= 0.6 is 0 Å². The molecule has 34 heavy (non-hydrogen) atoms. The fraction of sp³-hybridized carbons (Fsp3) is 0.500. The summed E-state index contributed by atoms with van der Waals surface area (Å²) < 4.78 is 67.4. The van der Waals surface area contributed by atoms with E-state index in [0.29, 0.717) is 10.1 Å². The van der Waals surface area contributed by atoms with Gasteiger partial charge in [0.2, 0.25) is 15.9 Å². The summed E-state index contributed by atoms with van der Waals surface area (Å²) in [7, 11) is -4.39. The highest BCUT2D eigenvalue weighted by Gasteiger charge is 2.41. The van der Waals surface area contributed by atoms with Gasteiger partial charge in [0.15, 0.2) is 5.82 Å². The highest BCUT2D eigenvalue weighted by atomic mass is 32.2. The Bertz CT molecular complexity index is 1150. The predicted octanol–water partition coefficient (Wildman–Crippen LogP) is 0.681. The number of alkyl halides is 3. The van der Waals surface area contributed by atoms with E-state index in [1.54, 1.807) is 0 Å². The van der Waals surface area contributed by atoms with Crippen molar-refractivity contribution in [2.75, 3.05) is 19.6 Å². The Morgan fingerprint density at radius 3 is 2.38 bits per heavy atom. The van der Waals surface area contributed by atoms with Gasteiger partial charge in [-0.3, -0.25) is 9.59 Å². The molecule has 0 aliphatic carbocycles. The molecule has 1 aromatic heterocycles. The lowest BCUT2D eigenvalue weighted by molar-refractivity contribution is -0.274. The van der Waals surface area contributed by atoms with Gasteiger partial charge in [0, 0.05) is 25.6 Å². The molecule has 186 valence electrons. The number of ether oxygens (including phenoxy) is 1. The Morgan fingerprint density at radius 1 is 1.21 bits per heavy atom. The number of aliphatic carboxylic acids is 1. The average Bonchev–Trinajstić information content (AvgIpc) is 3.21. The minimum atomic E-state index is -4.95. The molecule has 2 aromatic rings. The fourth-order valence-electron chi connectivity index (χ4n) is 3.20. The summed E-state index contributed by atoms with van der Waals surface area (Å²) in [6.45, 7) is 2.50. The number of nitrogens with zero attached hydrogens (tertiary/aromatic N) is 6. The van der Waals surface area contributed by atoms with Crippen molar-refractivity contribution >= 4 is 21.9 Å². The number of hydrogen-bond donors (Lipinski definition) is 1. The largest absolute Gasteiger partial charge is 0.573 e. The maximum absolute atomic E-state index is 13.0. The van der Waals surface area contributed by atoms with E-state index in [1.807, 2.05) is 13.8 Å². The second-order valence-corrected chi connectivity index (χ2v) is 9.55. The number of carbonyl (C=O) groups excluding carboxylic acids is 1. The van der Waals surface area contributed by atoms with Crippen LogP contribution in [-0.4, -0.2) is 86.9 Å². The molecule has 1 aliphatic rings. The molecule has 3 rings (SSSR count). The Hall–Kier alpha value is -3.27. The molecule has 1 aromatic carbocycles. The van der Waals surface area contributed by atoms with Gasteiger partial charge in [0.25, 0.3) is 0 Å². The number of sulfonamides is 1. The standard InChI is InChI=1S/C18H21F3N6O6S/c1-11(2)16-22-24-27(23-16)10-15(28)25-7-8-26(14(9-25)17(29)30)34(31,32)13-5-3-12(4-6-13)33-18(19,20)21/h3-6,11,14H,7-10H2,1-2H3,(H,29,30)/t14-/m1/s1. The van der Waals surface area contributed by atoms with Gasteiger partial charge < -0.3 is 14.7 Å². The van der Waals surface area contributed by atoms with Crippen LogP contribution in [0.1, 0.15) is 25.6 Å². The molecule has 1 amide bonds. The van der Waals surface area contributed by atoms with Crippen LogP contribution in [0.2, 0.25) is 0 Å². The lowest BCUT2D eigenvalue weighted by Gasteiger charge is -2.38. The molecule has 0 saturated carbocycles. The third-order valence-corrected chi connectivity index (χ3v) is 6.82. The van der Waals surface area contributed by atoms with E-state index in [4.69, 9.17) is 0 Å². The van der Waals surface area contributed by atoms with Crippen LogP contribution in [0.4, 0.5) is 13.2 Å². The predicted molar refractivity (Wildman–Crippen MR) is 107 cm³/mol. The summed E-state index contributed by atoms with van der Waals surface area (Å²) in [5, 5.41) is 21.3. The van der Waals surface area contributed by atoms with E-state index in [0.717, 1.165) is 29.1 Å². The first kappa shape index (κ1) is 25.4. The quantitative estimate of drug-likeness (QED) is 0.572. The van der Waals surface area contributed by atoms with Crippen molar-refractivity contribution in [2.24, 2.45) is 0 Å². The second-order valence-electron chi connectivity index (χ2n) is 7.66. The van der Waals surface area contributed by atoms with Gasteiger partial charge in [0.1, 0.15) is 18.3 Å². The molecular formula is C18H21F3N6O6S. The Balaban J connectivity index is 1.73. The van der Waals surface area contributed by atoms with E-state index in [2.05, 4.69) is 20.1 Å². The molecule has 1 atom stereocenters. The number of tetrazole rings is 1. The number of piperazine rings is 1. The molecule has 1 aliphatic heterocycles. The maximum atomic E-state index is 13.0. The SMILES string of the molecule is CC(C)c1nnn(CC(=O)N2CCN(S(=O)(=O)c3ccc(OC(F)(F)F)cc3)[C@@H](C(=O)O)C2)n1. The molecule has 1 N–H and O–H groups in total. The Morgan fingerprint density at radius 2 is 1.85 bits per heavy atom. The van der Waals surface area contributed by atoms with Crippen molar-refractivity contribution in [3.63, 3.8) is 0 Å². The van der Waals surface area contributed by atoms with Gasteiger partial charge in [-0.15, -0.1) is 23.4 Å². The molecule has 2 heterocycles. The summed E-state index contributed by atoms with van der Waals surface area (Å²) >= 11 is 0. The van der Waals surface area contributed by atoms with Gasteiger partial charge in [0.05, 0.1) is 4.90 Å². The monoisotopic (exact) mass is 506 g/mol. The third-order valence-electron chi connectivity index (χ3n) is 4.89. The van der Waals surface area contributed by atoms with Crippen LogP contribution in [-0.2, 0) is 26.2 Å². The number of rotatable bonds is 7. The first-order valence-corrected chi connectivity index (χ1v) is 11.4. The lowest BCUT2D eigenvalue weighted by atomic mass is 10.2. The fourth-order valence-corrected chi connectivity index (χ4v) is 4.77. The van der Waals surface area contributed by atoms with E-state index in [9.17, 15) is 36.3 Å². The van der Waals surface area contributed by atoms with Crippen LogP contribution in [0.3, 0.4) is 0 Å². The number of aromatic nitrogens is 4. The lowest BCUT2D eigenvalue weighted by Crippen LogP contribution is -2.59. The van der Waals surface area contributed by atoms with Gasteiger partial charge >= 0.3 is 12.3 Å². The zero-order valence-corrected chi connectivity index (χ0v) is 18.8.